The normalized spacial score (nSPS) is 18.5. The molecule has 29 heavy (non-hydrogen) atoms. The molecular formula is C22H25N3O4. The number of benzene rings is 2. The largest absolute Gasteiger partial charge is 0.496 e. The second-order valence-electron chi connectivity index (χ2n) is 6.93. The number of ether oxygens (including phenoxy) is 1. The van der Waals surface area contributed by atoms with Crippen LogP contribution in [0.1, 0.15) is 30.9 Å². The molecule has 0 aromatic heterocycles. The minimum Gasteiger partial charge on any atom is -0.496 e. The average molecular weight is 395 g/mol. The topological polar surface area (TPSA) is 87.7 Å². The molecule has 0 radical (unpaired) electrons. The Morgan fingerprint density at radius 1 is 1.10 bits per heavy atom. The molecule has 1 aliphatic heterocycles. The summed E-state index contributed by atoms with van der Waals surface area (Å²) in [4.78, 5) is 39.2. The molecule has 2 aromatic carbocycles. The summed E-state index contributed by atoms with van der Waals surface area (Å²) in [5.41, 5.74) is 0.401. The standard InChI is InChI=1S/C22H25N3O4/c1-3-13-22(17-10-5-4-6-11-17)20(27)25(21(28)24-22)15-19(26)23-14-16-9-7-8-12-18(16)29-2/h4-12H,3,13-15H2,1-2H3,(H,23,26)(H,24,28). The van der Waals surface area contributed by atoms with Gasteiger partial charge in [-0.15, -0.1) is 0 Å². The number of carbonyl (C=O) groups excluding carboxylic acids is 3. The first-order valence-corrected chi connectivity index (χ1v) is 9.60. The van der Waals surface area contributed by atoms with E-state index in [9.17, 15) is 14.4 Å². The van der Waals surface area contributed by atoms with Crippen molar-refractivity contribution in [1.29, 1.82) is 0 Å². The van der Waals surface area contributed by atoms with E-state index in [0.717, 1.165) is 16.0 Å². The van der Waals surface area contributed by atoms with Gasteiger partial charge >= 0.3 is 6.03 Å². The number of urea groups is 1. The lowest BCUT2D eigenvalue weighted by Gasteiger charge is -2.26. The summed E-state index contributed by atoms with van der Waals surface area (Å²) in [6.45, 7) is 1.86. The van der Waals surface area contributed by atoms with Crippen molar-refractivity contribution < 1.29 is 19.1 Å². The van der Waals surface area contributed by atoms with Gasteiger partial charge < -0.3 is 15.4 Å². The lowest BCUT2D eigenvalue weighted by atomic mass is 9.85. The number of imide groups is 1. The van der Waals surface area contributed by atoms with Crippen molar-refractivity contribution in [3.05, 3.63) is 65.7 Å². The fourth-order valence-corrected chi connectivity index (χ4v) is 3.62. The number of rotatable bonds is 8. The monoisotopic (exact) mass is 395 g/mol. The molecule has 3 rings (SSSR count). The predicted molar refractivity (Wildman–Crippen MR) is 108 cm³/mol. The molecule has 2 aromatic rings. The Kier molecular flexibility index (Phi) is 6.16. The van der Waals surface area contributed by atoms with Gasteiger partial charge in [0.2, 0.25) is 5.91 Å². The molecule has 2 N–H and O–H groups in total. The van der Waals surface area contributed by atoms with Crippen molar-refractivity contribution in [2.45, 2.75) is 31.8 Å². The highest BCUT2D eigenvalue weighted by Gasteiger charge is 2.52. The summed E-state index contributed by atoms with van der Waals surface area (Å²) in [7, 11) is 1.56. The minimum atomic E-state index is -1.13. The number of hydrogen-bond donors (Lipinski definition) is 2. The van der Waals surface area contributed by atoms with Crippen molar-refractivity contribution in [3.8, 4) is 5.75 Å². The van der Waals surface area contributed by atoms with E-state index in [0.29, 0.717) is 18.6 Å². The molecule has 0 saturated carbocycles. The number of methoxy groups -OCH3 is 1. The number of hydrogen-bond acceptors (Lipinski definition) is 4. The van der Waals surface area contributed by atoms with E-state index in [1.165, 1.54) is 0 Å². The first-order chi connectivity index (χ1) is 14.0. The second-order valence-corrected chi connectivity index (χ2v) is 6.93. The maximum Gasteiger partial charge on any atom is 0.325 e. The Hall–Kier alpha value is -3.35. The Morgan fingerprint density at radius 2 is 1.79 bits per heavy atom. The molecule has 4 amide bonds. The van der Waals surface area contributed by atoms with Gasteiger partial charge in [-0.2, -0.15) is 0 Å². The zero-order valence-electron chi connectivity index (χ0n) is 16.6. The van der Waals surface area contributed by atoms with Crippen LogP contribution in [0.4, 0.5) is 4.79 Å². The van der Waals surface area contributed by atoms with Gasteiger partial charge in [-0.1, -0.05) is 61.9 Å². The van der Waals surface area contributed by atoms with Gasteiger partial charge in [-0.3, -0.25) is 14.5 Å². The van der Waals surface area contributed by atoms with E-state index in [1.54, 1.807) is 13.2 Å². The summed E-state index contributed by atoms with van der Waals surface area (Å²) in [5.74, 6) is -0.156. The van der Waals surface area contributed by atoms with Gasteiger partial charge in [0.25, 0.3) is 5.91 Å². The Labute approximate surface area is 170 Å². The molecule has 0 aliphatic carbocycles. The van der Waals surface area contributed by atoms with Gasteiger partial charge in [0.1, 0.15) is 17.8 Å². The number of nitrogens with one attached hydrogen (secondary N) is 2. The number of para-hydroxylation sites is 1. The van der Waals surface area contributed by atoms with Crippen molar-refractivity contribution in [2.24, 2.45) is 0 Å². The molecular weight excluding hydrogens is 370 g/mol. The third-order valence-corrected chi connectivity index (χ3v) is 5.04. The van der Waals surface area contributed by atoms with Crippen molar-refractivity contribution in [1.82, 2.24) is 15.5 Å². The summed E-state index contributed by atoms with van der Waals surface area (Å²) in [6, 6.07) is 15.9. The Bertz CT molecular complexity index is 900. The zero-order valence-corrected chi connectivity index (χ0v) is 16.6. The molecule has 1 unspecified atom stereocenters. The highest BCUT2D eigenvalue weighted by molar-refractivity contribution is 6.09. The van der Waals surface area contributed by atoms with Crippen LogP contribution < -0.4 is 15.4 Å². The molecule has 0 bridgehead atoms. The maximum absolute atomic E-state index is 13.2. The first-order valence-electron chi connectivity index (χ1n) is 9.60. The fraction of sp³-hybridized carbons (Fsp3) is 0.318. The molecule has 1 atom stereocenters. The predicted octanol–water partition coefficient (Wildman–Crippen LogP) is 2.56. The van der Waals surface area contributed by atoms with Gasteiger partial charge in [-0.05, 0) is 18.1 Å². The molecule has 1 aliphatic rings. The van der Waals surface area contributed by atoms with Crippen LogP contribution in [-0.2, 0) is 21.7 Å². The lowest BCUT2D eigenvalue weighted by molar-refractivity contribution is -0.135. The summed E-state index contributed by atoms with van der Waals surface area (Å²) in [6.07, 6.45) is 1.16. The van der Waals surface area contributed by atoms with Crippen molar-refractivity contribution >= 4 is 17.8 Å². The summed E-state index contributed by atoms with van der Waals surface area (Å²) in [5, 5.41) is 5.57. The van der Waals surface area contributed by atoms with E-state index in [-0.39, 0.29) is 13.1 Å². The van der Waals surface area contributed by atoms with E-state index >= 15 is 0 Å². The van der Waals surface area contributed by atoms with Crippen LogP contribution in [0.15, 0.2) is 54.6 Å². The van der Waals surface area contributed by atoms with Crippen molar-refractivity contribution in [2.75, 3.05) is 13.7 Å². The second kappa shape index (κ2) is 8.77. The van der Waals surface area contributed by atoms with Crippen LogP contribution in [-0.4, -0.2) is 36.4 Å². The molecule has 0 spiro atoms. The maximum atomic E-state index is 13.2. The van der Waals surface area contributed by atoms with Gasteiger partial charge in [0.05, 0.1) is 7.11 Å². The number of amides is 4. The summed E-state index contributed by atoms with van der Waals surface area (Å²) >= 11 is 0. The molecule has 7 nitrogen and oxygen atoms in total. The van der Waals surface area contributed by atoms with Crippen LogP contribution in [0.2, 0.25) is 0 Å². The molecule has 1 heterocycles. The average Bonchev–Trinajstić information content (AvgIpc) is 2.98. The van der Waals surface area contributed by atoms with Crippen LogP contribution in [0.5, 0.6) is 5.75 Å². The minimum absolute atomic E-state index is 0.241. The van der Waals surface area contributed by atoms with Crippen LogP contribution in [0.3, 0.4) is 0 Å². The van der Waals surface area contributed by atoms with Gasteiger partial charge in [0.15, 0.2) is 0 Å². The first kappa shape index (κ1) is 20.4. The highest BCUT2D eigenvalue weighted by atomic mass is 16.5. The van der Waals surface area contributed by atoms with Crippen LogP contribution >= 0.6 is 0 Å². The molecule has 1 fully saturated rings. The van der Waals surface area contributed by atoms with Crippen molar-refractivity contribution in [3.63, 3.8) is 0 Å². The third kappa shape index (κ3) is 4.08. The highest BCUT2D eigenvalue weighted by Crippen LogP contribution is 2.33. The van der Waals surface area contributed by atoms with Crippen LogP contribution in [0, 0.1) is 0 Å². The molecule has 152 valence electrons. The van der Waals surface area contributed by atoms with Gasteiger partial charge in [0, 0.05) is 12.1 Å². The van der Waals surface area contributed by atoms with Crippen LogP contribution in [0.25, 0.3) is 0 Å². The molecule has 7 heteroatoms. The Balaban J connectivity index is 1.71. The fourth-order valence-electron chi connectivity index (χ4n) is 3.62. The smallest absolute Gasteiger partial charge is 0.325 e. The number of nitrogens with zero attached hydrogens (tertiary/aromatic N) is 1. The van der Waals surface area contributed by atoms with E-state index in [4.69, 9.17) is 4.74 Å². The summed E-state index contributed by atoms with van der Waals surface area (Å²) < 4.78 is 5.27. The third-order valence-electron chi connectivity index (χ3n) is 5.04. The Morgan fingerprint density at radius 3 is 2.48 bits per heavy atom. The zero-order chi connectivity index (χ0) is 20.9. The SMILES string of the molecule is CCCC1(c2ccccc2)NC(=O)N(CC(=O)NCc2ccccc2OC)C1=O. The van der Waals surface area contributed by atoms with E-state index in [1.807, 2.05) is 55.5 Å². The van der Waals surface area contributed by atoms with E-state index < -0.39 is 23.4 Å². The lowest BCUT2D eigenvalue weighted by Crippen LogP contribution is -2.45. The quantitative estimate of drug-likeness (QED) is 0.673. The molecule has 1 saturated heterocycles. The van der Waals surface area contributed by atoms with Gasteiger partial charge in [-0.25, -0.2) is 4.79 Å². The number of carbonyl (C=O) groups is 3. The van der Waals surface area contributed by atoms with E-state index in [2.05, 4.69) is 10.6 Å².